The van der Waals surface area contributed by atoms with Crippen LogP contribution in [0.15, 0.2) is 0 Å². The first-order valence-electron chi connectivity index (χ1n) is 3.32. The molecule has 3 heteroatoms. The van der Waals surface area contributed by atoms with Gasteiger partial charge in [0.05, 0.1) is 12.8 Å². The van der Waals surface area contributed by atoms with Crippen LogP contribution in [0.1, 0.15) is 20.8 Å². The number of hydrogen-bond acceptors (Lipinski definition) is 3. The van der Waals surface area contributed by atoms with Crippen molar-refractivity contribution < 1.29 is 4.84 Å². The minimum atomic E-state index is 0.230. The van der Waals surface area contributed by atoms with Gasteiger partial charge in [0.1, 0.15) is 0 Å². The zero-order valence-corrected chi connectivity index (χ0v) is 6.42. The predicted molar refractivity (Wildman–Crippen MR) is 37.7 cm³/mol. The highest BCUT2D eigenvalue weighted by atomic mass is 16.7. The van der Waals surface area contributed by atoms with E-state index in [-0.39, 0.29) is 6.10 Å². The van der Waals surface area contributed by atoms with Crippen LogP contribution in [0.4, 0.5) is 0 Å². The molecule has 0 aliphatic rings. The number of hydroxylamine groups is 2. The molecule has 0 heterocycles. The van der Waals surface area contributed by atoms with Crippen LogP contribution in [0.25, 0.3) is 0 Å². The van der Waals surface area contributed by atoms with Gasteiger partial charge in [-0.25, -0.2) is 0 Å². The molecule has 0 saturated heterocycles. The van der Waals surface area contributed by atoms with Crippen LogP contribution >= 0.6 is 0 Å². The second-order valence-electron chi connectivity index (χ2n) is 2.13. The van der Waals surface area contributed by atoms with Gasteiger partial charge in [-0.3, -0.25) is 4.84 Å². The Morgan fingerprint density at radius 3 is 2.22 bits per heavy atom. The van der Waals surface area contributed by atoms with Gasteiger partial charge in [0.2, 0.25) is 0 Å². The molecule has 0 bridgehead atoms. The highest BCUT2D eigenvalue weighted by Gasteiger charge is 2.00. The lowest BCUT2D eigenvalue weighted by atomic mass is 10.5. The number of rotatable bonds is 4. The van der Waals surface area contributed by atoms with Gasteiger partial charge in [0.15, 0.2) is 0 Å². The van der Waals surface area contributed by atoms with Crippen molar-refractivity contribution in [2.75, 3.05) is 13.2 Å². The lowest BCUT2D eigenvalue weighted by molar-refractivity contribution is -0.183. The molecular weight excluding hydrogens is 116 g/mol. The first-order chi connectivity index (χ1) is 4.20. The van der Waals surface area contributed by atoms with E-state index in [1.54, 1.807) is 5.06 Å². The van der Waals surface area contributed by atoms with E-state index < -0.39 is 0 Å². The summed E-state index contributed by atoms with van der Waals surface area (Å²) in [5.74, 6) is 0. The van der Waals surface area contributed by atoms with E-state index in [4.69, 9.17) is 10.6 Å². The summed E-state index contributed by atoms with van der Waals surface area (Å²) in [6, 6.07) is 0. The van der Waals surface area contributed by atoms with Crippen LogP contribution in [0.5, 0.6) is 0 Å². The summed E-state index contributed by atoms with van der Waals surface area (Å²) < 4.78 is 0. The van der Waals surface area contributed by atoms with Gasteiger partial charge < -0.3 is 5.73 Å². The standard InChI is InChI=1S/C6H16N2O/c1-4-8(5-7)9-6(2)3/h6H,4-5,7H2,1-3H3. The van der Waals surface area contributed by atoms with Crippen LogP contribution in [0, 0.1) is 0 Å². The van der Waals surface area contributed by atoms with Crippen molar-refractivity contribution in [1.82, 2.24) is 5.06 Å². The molecule has 56 valence electrons. The Hall–Kier alpha value is -0.120. The van der Waals surface area contributed by atoms with Gasteiger partial charge in [0.25, 0.3) is 0 Å². The molecule has 0 aliphatic carbocycles. The molecule has 0 amide bonds. The van der Waals surface area contributed by atoms with Gasteiger partial charge in [-0.1, -0.05) is 6.92 Å². The first-order valence-corrected chi connectivity index (χ1v) is 3.32. The molecule has 0 radical (unpaired) electrons. The highest BCUT2D eigenvalue weighted by Crippen LogP contribution is 1.92. The van der Waals surface area contributed by atoms with Crippen molar-refractivity contribution in [2.45, 2.75) is 26.9 Å². The van der Waals surface area contributed by atoms with Crippen LogP contribution < -0.4 is 5.73 Å². The highest BCUT2D eigenvalue weighted by molar-refractivity contribution is 4.36. The van der Waals surface area contributed by atoms with E-state index >= 15 is 0 Å². The molecule has 2 N–H and O–H groups in total. The lowest BCUT2D eigenvalue weighted by Crippen LogP contribution is -2.32. The van der Waals surface area contributed by atoms with Crippen molar-refractivity contribution in [1.29, 1.82) is 0 Å². The van der Waals surface area contributed by atoms with Crippen molar-refractivity contribution >= 4 is 0 Å². The Balaban J connectivity index is 3.31. The quantitative estimate of drug-likeness (QED) is 0.449. The monoisotopic (exact) mass is 132 g/mol. The molecule has 3 nitrogen and oxygen atoms in total. The topological polar surface area (TPSA) is 38.5 Å². The molecule has 0 aromatic heterocycles. The van der Waals surface area contributed by atoms with E-state index in [1.807, 2.05) is 20.8 Å². The van der Waals surface area contributed by atoms with Crippen molar-refractivity contribution in [2.24, 2.45) is 5.73 Å². The summed E-state index contributed by atoms with van der Waals surface area (Å²) >= 11 is 0. The minimum Gasteiger partial charge on any atom is -0.316 e. The SMILES string of the molecule is CCN(CN)OC(C)C. The first kappa shape index (κ1) is 8.88. The molecule has 0 aromatic carbocycles. The van der Waals surface area contributed by atoms with Gasteiger partial charge in [-0.15, -0.1) is 0 Å². The van der Waals surface area contributed by atoms with Crippen molar-refractivity contribution in [3.05, 3.63) is 0 Å². The molecule has 0 fully saturated rings. The molecule has 0 aromatic rings. The fourth-order valence-electron chi connectivity index (χ4n) is 0.545. The average molecular weight is 132 g/mol. The van der Waals surface area contributed by atoms with Crippen molar-refractivity contribution in [3.63, 3.8) is 0 Å². The average Bonchev–Trinajstić information content (AvgIpc) is 1.82. The molecule has 0 aliphatic heterocycles. The number of hydrogen-bond donors (Lipinski definition) is 1. The predicted octanol–water partition coefficient (Wildman–Crippen LogP) is 0.564. The molecule has 0 unspecified atom stereocenters. The Kier molecular flexibility index (Phi) is 4.67. The van der Waals surface area contributed by atoms with Crippen LogP contribution in [-0.2, 0) is 4.84 Å². The zero-order valence-electron chi connectivity index (χ0n) is 6.42. The summed E-state index contributed by atoms with van der Waals surface area (Å²) in [5.41, 5.74) is 5.33. The second-order valence-corrected chi connectivity index (χ2v) is 2.13. The van der Waals surface area contributed by atoms with Gasteiger partial charge in [0, 0.05) is 6.54 Å². The molecular formula is C6H16N2O. The van der Waals surface area contributed by atoms with E-state index in [0.29, 0.717) is 6.67 Å². The Labute approximate surface area is 56.7 Å². The van der Waals surface area contributed by atoms with Gasteiger partial charge in [-0.2, -0.15) is 5.06 Å². The third kappa shape index (κ3) is 4.39. The Morgan fingerprint density at radius 1 is 1.56 bits per heavy atom. The van der Waals surface area contributed by atoms with Crippen LogP contribution in [-0.4, -0.2) is 24.4 Å². The summed E-state index contributed by atoms with van der Waals surface area (Å²) in [7, 11) is 0. The summed E-state index contributed by atoms with van der Waals surface area (Å²) in [6.45, 7) is 7.29. The fraction of sp³-hybridized carbons (Fsp3) is 1.00. The third-order valence-electron chi connectivity index (χ3n) is 0.916. The zero-order chi connectivity index (χ0) is 7.28. The molecule has 0 atom stereocenters. The Morgan fingerprint density at radius 2 is 2.11 bits per heavy atom. The smallest absolute Gasteiger partial charge is 0.0737 e. The van der Waals surface area contributed by atoms with Gasteiger partial charge >= 0.3 is 0 Å². The maximum atomic E-state index is 5.33. The normalized spacial score (nSPS) is 11.3. The second kappa shape index (κ2) is 4.73. The fourth-order valence-corrected chi connectivity index (χ4v) is 0.545. The molecule has 0 rings (SSSR count). The summed E-state index contributed by atoms with van der Waals surface area (Å²) in [5, 5.41) is 1.73. The third-order valence-corrected chi connectivity index (χ3v) is 0.916. The Bertz CT molecular complexity index is 62.1. The van der Waals surface area contributed by atoms with Crippen LogP contribution in [0.2, 0.25) is 0 Å². The van der Waals surface area contributed by atoms with Crippen LogP contribution in [0.3, 0.4) is 0 Å². The minimum absolute atomic E-state index is 0.230. The van der Waals surface area contributed by atoms with E-state index in [1.165, 1.54) is 0 Å². The van der Waals surface area contributed by atoms with E-state index in [2.05, 4.69) is 0 Å². The maximum absolute atomic E-state index is 5.33. The maximum Gasteiger partial charge on any atom is 0.0737 e. The van der Waals surface area contributed by atoms with E-state index in [9.17, 15) is 0 Å². The molecule has 0 saturated carbocycles. The number of nitrogens with two attached hydrogens (primary N) is 1. The summed E-state index contributed by atoms with van der Waals surface area (Å²) in [4.78, 5) is 5.26. The van der Waals surface area contributed by atoms with E-state index in [0.717, 1.165) is 6.54 Å². The molecule has 9 heavy (non-hydrogen) atoms. The largest absolute Gasteiger partial charge is 0.316 e. The summed E-state index contributed by atoms with van der Waals surface area (Å²) in [6.07, 6.45) is 0.230. The molecule has 0 spiro atoms. The lowest BCUT2D eigenvalue weighted by Gasteiger charge is -2.19. The number of nitrogens with zero attached hydrogens (tertiary/aromatic N) is 1. The van der Waals surface area contributed by atoms with Gasteiger partial charge in [-0.05, 0) is 13.8 Å². The van der Waals surface area contributed by atoms with Crippen molar-refractivity contribution in [3.8, 4) is 0 Å².